The first-order valence-corrected chi connectivity index (χ1v) is 5.71. The second kappa shape index (κ2) is 5.80. The van der Waals surface area contributed by atoms with Crippen LogP contribution >= 0.6 is 0 Å². The number of nitrogens with two attached hydrogens (primary N) is 1. The summed E-state index contributed by atoms with van der Waals surface area (Å²) in [5, 5.41) is 9.41. The zero-order valence-electron chi connectivity index (χ0n) is 10.0. The minimum absolute atomic E-state index is 0.0323. The zero-order valence-corrected chi connectivity index (χ0v) is 10.0. The van der Waals surface area contributed by atoms with Crippen LogP contribution in [0, 0.1) is 5.92 Å². The molecule has 1 rings (SSSR count). The van der Waals surface area contributed by atoms with Gasteiger partial charge in [-0.1, -0.05) is 6.92 Å². The van der Waals surface area contributed by atoms with Crippen LogP contribution in [-0.2, 0) is 4.74 Å². The molecular formula is C11H24N2O2. The van der Waals surface area contributed by atoms with Crippen LogP contribution in [0.3, 0.4) is 0 Å². The van der Waals surface area contributed by atoms with Gasteiger partial charge in [-0.2, -0.15) is 0 Å². The van der Waals surface area contributed by atoms with Crippen molar-refractivity contribution in [1.82, 2.24) is 4.90 Å². The van der Waals surface area contributed by atoms with E-state index in [1.165, 1.54) is 6.42 Å². The standard InChI is InChI=1S/C11H24N2O2/c1-8-4-9(2)13(5-8)11(6-14)10(12)7-15-3/h8-11,14H,4-7,12H2,1-3H3. The molecule has 0 radical (unpaired) electrons. The minimum atomic E-state index is -0.104. The Balaban J connectivity index is 2.57. The van der Waals surface area contributed by atoms with Crippen molar-refractivity contribution >= 4 is 0 Å². The Kier molecular flexibility index (Phi) is 4.99. The number of likely N-dealkylation sites (tertiary alicyclic amines) is 1. The molecule has 0 spiro atoms. The highest BCUT2D eigenvalue weighted by Crippen LogP contribution is 2.25. The van der Waals surface area contributed by atoms with Crippen LogP contribution in [0.25, 0.3) is 0 Å². The molecule has 0 aromatic carbocycles. The summed E-state index contributed by atoms with van der Waals surface area (Å²) in [5.41, 5.74) is 6.00. The molecule has 0 bridgehead atoms. The van der Waals surface area contributed by atoms with Crippen molar-refractivity contribution in [2.45, 2.75) is 38.4 Å². The first-order valence-electron chi connectivity index (χ1n) is 5.71. The molecule has 1 aliphatic rings. The average Bonchev–Trinajstić information content (AvgIpc) is 2.47. The van der Waals surface area contributed by atoms with Crippen molar-refractivity contribution in [2.24, 2.45) is 11.7 Å². The summed E-state index contributed by atoms with van der Waals surface area (Å²) in [5.74, 6) is 0.698. The maximum atomic E-state index is 9.41. The quantitative estimate of drug-likeness (QED) is 0.682. The van der Waals surface area contributed by atoms with Gasteiger partial charge in [0.05, 0.1) is 19.3 Å². The molecule has 4 atom stereocenters. The molecule has 0 aromatic rings. The van der Waals surface area contributed by atoms with E-state index in [4.69, 9.17) is 10.5 Å². The number of hydrogen-bond donors (Lipinski definition) is 2. The van der Waals surface area contributed by atoms with E-state index in [2.05, 4.69) is 18.7 Å². The number of aliphatic hydroxyl groups is 1. The lowest BCUT2D eigenvalue weighted by atomic mass is 10.1. The monoisotopic (exact) mass is 216 g/mol. The van der Waals surface area contributed by atoms with E-state index in [-0.39, 0.29) is 18.7 Å². The first kappa shape index (κ1) is 12.9. The van der Waals surface area contributed by atoms with E-state index in [1.807, 2.05) is 0 Å². The van der Waals surface area contributed by atoms with Crippen molar-refractivity contribution in [3.05, 3.63) is 0 Å². The summed E-state index contributed by atoms with van der Waals surface area (Å²) >= 11 is 0. The summed E-state index contributed by atoms with van der Waals surface area (Å²) in [6, 6.07) is 0.442. The fourth-order valence-electron chi connectivity index (χ4n) is 2.58. The molecule has 90 valence electrons. The SMILES string of the molecule is COCC(N)C(CO)N1CC(C)CC1C. The molecule has 0 amide bonds. The number of aliphatic hydroxyl groups excluding tert-OH is 1. The van der Waals surface area contributed by atoms with Crippen molar-refractivity contribution in [3.8, 4) is 0 Å². The molecular weight excluding hydrogens is 192 g/mol. The van der Waals surface area contributed by atoms with E-state index < -0.39 is 0 Å². The van der Waals surface area contributed by atoms with E-state index in [1.54, 1.807) is 7.11 Å². The third kappa shape index (κ3) is 3.14. The van der Waals surface area contributed by atoms with Gasteiger partial charge < -0.3 is 15.6 Å². The maximum absolute atomic E-state index is 9.41. The third-order valence-corrected chi connectivity index (χ3v) is 3.30. The largest absolute Gasteiger partial charge is 0.395 e. The van der Waals surface area contributed by atoms with Crippen molar-refractivity contribution in [2.75, 3.05) is 26.9 Å². The highest BCUT2D eigenvalue weighted by Gasteiger charge is 2.34. The number of methoxy groups -OCH3 is 1. The van der Waals surface area contributed by atoms with Gasteiger partial charge in [0.2, 0.25) is 0 Å². The predicted octanol–water partition coefficient (Wildman–Crippen LogP) is 0.0513. The number of hydrogen-bond acceptors (Lipinski definition) is 4. The van der Waals surface area contributed by atoms with Crippen LogP contribution in [0.2, 0.25) is 0 Å². The van der Waals surface area contributed by atoms with E-state index in [0.29, 0.717) is 18.6 Å². The zero-order chi connectivity index (χ0) is 11.4. The molecule has 15 heavy (non-hydrogen) atoms. The molecule has 3 N–H and O–H groups in total. The highest BCUT2D eigenvalue weighted by molar-refractivity contribution is 4.90. The second-order valence-corrected chi connectivity index (χ2v) is 4.76. The van der Waals surface area contributed by atoms with Gasteiger partial charge in [-0.3, -0.25) is 4.90 Å². The Labute approximate surface area is 92.4 Å². The average molecular weight is 216 g/mol. The smallest absolute Gasteiger partial charge is 0.0629 e. The molecule has 4 heteroatoms. The van der Waals surface area contributed by atoms with Gasteiger partial charge >= 0.3 is 0 Å². The van der Waals surface area contributed by atoms with E-state index in [0.717, 1.165) is 6.54 Å². The maximum Gasteiger partial charge on any atom is 0.0629 e. The lowest BCUT2D eigenvalue weighted by molar-refractivity contribution is 0.0656. The number of ether oxygens (including phenoxy) is 1. The second-order valence-electron chi connectivity index (χ2n) is 4.76. The normalized spacial score (nSPS) is 31.8. The molecule has 1 aliphatic heterocycles. The van der Waals surface area contributed by atoms with Crippen molar-refractivity contribution in [3.63, 3.8) is 0 Å². The Morgan fingerprint density at radius 3 is 2.60 bits per heavy atom. The van der Waals surface area contributed by atoms with Gasteiger partial charge in [-0.25, -0.2) is 0 Å². The summed E-state index contributed by atoms with van der Waals surface area (Å²) in [4.78, 5) is 2.31. The molecule has 1 heterocycles. The van der Waals surface area contributed by atoms with Gasteiger partial charge in [-0.15, -0.1) is 0 Å². The van der Waals surface area contributed by atoms with Crippen molar-refractivity contribution < 1.29 is 9.84 Å². The van der Waals surface area contributed by atoms with Gasteiger partial charge in [0, 0.05) is 25.7 Å². The first-order chi connectivity index (χ1) is 7.10. The summed E-state index contributed by atoms with van der Waals surface area (Å²) < 4.78 is 5.05. The van der Waals surface area contributed by atoms with Gasteiger partial charge in [0.15, 0.2) is 0 Å². The topological polar surface area (TPSA) is 58.7 Å². The van der Waals surface area contributed by atoms with Crippen LogP contribution in [0.4, 0.5) is 0 Å². The Hall–Kier alpha value is -0.160. The third-order valence-electron chi connectivity index (χ3n) is 3.30. The molecule has 0 aromatic heterocycles. The van der Waals surface area contributed by atoms with E-state index in [9.17, 15) is 5.11 Å². The predicted molar refractivity (Wildman–Crippen MR) is 60.7 cm³/mol. The van der Waals surface area contributed by atoms with Crippen LogP contribution in [0.15, 0.2) is 0 Å². The van der Waals surface area contributed by atoms with E-state index >= 15 is 0 Å². The van der Waals surface area contributed by atoms with Crippen LogP contribution < -0.4 is 5.73 Å². The lowest BCUT2D eigenvalue weighted by Crippen LogP contribution is -2.53. The number of rotatable bonds is 5. The molecule has 0 saturated carbocycles. The lowest BCUT2D eigenvalue weighted by Gasteiger charge is -2.33. The molecule has 4 nitrogen and oxygen atoms in total. The fraction of sp³-hybridized carbons (Fsp3) is 1.00. The minimum Gasteiger partial charge on any atom is -0.395 e. The number of nitrogens with zero attached hydrogens (tertiary/aromatic N) is 1. The molecule has 4 unspecified atom stereocenters. The van der Waals surface area contributed by atoms with Crippen LogP contribution in [-0.4, -0.2) is 55.0 Å². The van der Waals surface area contributed by atoms with Crippen LogP contribution in [0.5, 0.6) is 0 Å². The fourth-order valence-corrected chi connectivity index (χ4v) is 2.58. The van der Waals surface area contributed by atoms with Gasteiger partial charge in [0.25, 0.3) is 0 Å². The highest BCUT2D eigenvalue weighted by atomic mass is 16.5. The molecule has 1 fully saturated rings. The molecule has 1 saturated heterocycles. The Morgan fingerprint density at radius 1 is 1.53 bits per heavy atom. The summed E-state index contributed by atoms with van der Waals surface area (Å²) in [6.07, 6.45) is 1.19. The van der Waals surface area contributed by atoms with Gasteiger partial charge in [0.1, 0.15) is 0 Å². The van der Waals surface area contributed by atoms with Crippen LogP contribution in [0.1, 0.15) is 20.3 Å². The summed E-state index contributed by atoms with van der Waals surface area (Å²) in [7, 11) is 1.64. The van der Waals surface area contributed by atoms with Crippen molar-refractivity contribution in [1.29, 1.82) is 0 Å². The Bertz CT molecular complexity index is 189. The summed E-state index contributed by atoms with van der Waals surface area (Å²) in [6.45, 7) is 6.09. The van der Waals surface area contributed by atoms with Gasteiger partial charge in [-0.05, 0) is 19.3 Å². The Morgan fingerprint density at radius 2 is 2.20 bits per heavy atom. The molecule has 0 aliphatic carbocycles.